The maximum absolute atomic E-state index is 16.2. The SMILES string of the molecule is O=S(=O)(O)C(F)(F)C(F)(C(F)(F)C(F)(F)C(F)(F)C(F)(F)C(F)(F)C(F)(F)F)C(O)(CCO)C(F)(C(F)(F)C(F)(F)C(F)(F)C(F)(F)C(F)(F)C(F)(F)C(F)(F)F)S(=O)(=O)O. The summed E-state index contributed by atoms with van der Waals surface area (Å²) in [5, 5.41) is -1.09. The molecule has 61 heavy (non-hydrogen) atoms. The van der Waals surface area contributed by atoms with Crippen LogP contribution >= 0.6 is 0 Å². The molecule has 0 saturated heterocycles. The number of hydrogen-bond acceptors (Lipinski definition) is 6. The van der Waals surface area contributed by atoms with Crippen LogP contribution in [0.5, 0.6) is 0 Å². The van der Waals surface area contributed by atoms with Crippen LogP contribution in [0, 0.1) is 0 Å². The minimum absolute atomic E-state index is 4.00. The number of alkyl halides is 32. The van der Waals surface area contributed by atoms with Gasteiger partial charge < -0.3 is 10.2 Å². The standard InChI is InChI=1S/C19H8F32O8S2/c20-4(19(50,51)61(57,58)59,5(21,22)6(23,24)7(25,26)11(33,34)14(39,40)17(44,45)46)3(53,1-2-52)16(43,60(54,55)56)13(37,38)10(31,32)8(27,28)9(29,30)12(35,36)15(41,42)18(47,48)49/h52-53H,1-2H2,(H,54,55,56)(H,57,58,59). The van der Waals surface area contributed by atoms with Crippen molar-refractivity contribution in [2.45, 2.75) is 105 Å². The second kappa shape index (κ2) is 14.2. The molecule has 0 aromatic heterocycles. The number of halogens is 32. The van der Waals surface area contributed by atoms with Crippen molar-refractivity contribution in [3.8, 4) is 0 Å². The Kier molecular flexibility index (Phi) is 13.7. The molecule has 0 radical (unpaired) electrons. The first kappa shape index (κ1) is 58.5. The largest absolute Gasteiger partial charge is 0.460 e. The Balaban J connectivity index is 9.57. The monoisotopic (exact) mass is 1040 g/mol. The predicted molar refractivity (Wildman–Crippen MR) is 119 cm³/mol. The Morgan fingerprint density at radius 2 is 0.541 bits per heavy atom. The van der Waals surface area contributed by atoms with Crippen molar-refractivity contribution >= 4 is 20.2 Å². The van der Waals surface area contributed by atoms with Gasteiger partial charge >= 0.3 is 108 Å². The summed E-state index contributed by atoms with van der Waals surface area (Å²) in [6, 6.07) is 0. The average Bonchev–Trinajstić information content (AvgIpc) is 3.00. The Morgan fingerprint density at radius 1 is 0.328 bits per heavy atom. The summed E-state index contributed by atoms with van der Waals surface area (Å²) in [5.74, 6) is -110. The first-order valence-electron chi connectivity index (χ1n) is 12.9. The van der Waals surface area contributed by atoms with E-state index >= 15 is 26.3 Å². The number of aliphatic hydroxyl groups excluding tert-OH is 1. The zero-order chi connectivity index (χ0) is 50.9. The molecule has 0 bridgehead atoms. The van der Waals surface area contributed by atoms with E-state index in [-0.39, 0.29) is 0 Å². The van der Waals surface area contributed by atoms with Crippen LogP contribution in [0.1, 0.15) is 6.42 Å². The molecule has 368 valence electrons. The molecule has 3 unspecified atom stereocenters. The summed E-state index contributed by atoms with van der Waals surface area (Å²) in [7, 11) is -19.7. The van der Waals surface area contributed by atoms with E-state index < -0.39 is 132 Å². The summed E-state index contributed by atoms with van der Waals surface area (Å²) in [4.78, 5) is 0. The maximum atomic E-state index is 16.2. The molecule has 8 nitrogen and oxygen atoms in total. The van der Waals surface area contributed by atoms with Crippen LogP contribution in [0.2, 0.25) is 0 Å². The molecular weight excluding hydrogens is 1030 g/mol. The topological polar surface area (TPSA) is 149 Å². The molecule has 0 aliphatic rings. The molecule has 0 rings (SSSR count). The fraction of sp³-hybridized carbons (Fsp3) is 1.00. The van der Waals surface area contributed by atoms with Crippen molar-refractivity contribution < 1.29 is 177 Å². The summed E-state index contributed by atoms with van der Waals surface area (Å²) < 4.78 is 511. The van der Waals surface area contributed by atoms with E-state index in [9.17, 15) is 136 Å². The van der Waals surface area contributed by atoms with Crippen molar-refractivity contribution in [3.05, 3.63) is 0 Å². The lowest BCUT2D eigenvalue weighted by atomic mass is 9.68. The van der Waals surface area contributed by atoms with Gasteiger partial charge in [-0.2, -0.15) is 149 Å². The van der Waals surface area contributed by atoms with Crippen LogP contribution in [0.4, 0.5) is 140 Å². The van der Waals surface area contributed by atoms with Crippen molar-refractivity contribution in [2.24, 2.45) is 0 Å². The lowest BCUT2D eigenvalue weighted by molar-refractivity contribution is -0.469. The maximum Gasteiger partial charge on any atom is 0.460 e. The van der Waals surface area contributed by atoms with Crippen LogP contribution in [-0.4, -0.2) is 142 Å². The first-order chi connectivity index (χ1) is 25.6. The van der Waals surface area contributed by atoms with Crippen LogP contribution in [0.3, 0.4) is 0 Å². The third-order valence-corrected chi connectivity index (χ3v) is 9.99. The Labute approximate surface area is 309 Å². The quantitative estimate of drug-likeness (QED) is 0.0799. The molecule has 0 spiro atoms. The Hall–Kier alpha value is -2.50. The molecule has 0 amide bonds. The van der Waals surface area contributed by atoms with Gasteiger partial charge in [0, 0.05) is 13.0 Å². The normalized spacial score (nSPS) is 19.6. The second-order valence-electron chi connectivity index (χ2n) is 11.4. The van der Waals surface area contributed by atoms with Crippen molar-refractivity contribution in [1.82, 2.24) is 0 Å². The van der Waals surface area contributed by atoms with Gasteiger partial charge in [0.25, 0.3) is 5.67 Å². The fourth-order valence-corrected chi connectivity index (χ4v) is 6.14. The van der Waals surface area contributed by atoms with Gasteiger partial charge in [0.2, 0.25) is 0 Å². The smallest absolute Gasteiger partial charge is 0.396 e. The fourth-order valence-electron chi connectivity index (χ4n) is 4.37. The zero-order valence-electron chi connectivity index (χ0n) is 26.2. The summed E-state index contributed by atoms with van der Waals surface area (Å²) in [6.07, 6.45) is -22.3. The van der Waals surface area contributed by atoms with E-state index in [0.717, 1.165) is 0 Å². The zero-order valence-corrected chi connectivity index (χ0v) is 27.9. The highest BCUT2D eigenvalue weighted by Crippen LogP contribution is 2.72. The highest BCUT2D eigenvalue weighted by atomic mass is 32.2. The molecule has 0 heterocycles. The lowest BCUT2D eigenvalue weighted by Crippen LogP contribution is -2.88. The molecule has 0 fully saturated rings. The van der Waals surface area contributed by atoms with Crippen LogP contribution in [0.25, 0.3) is 0 Å². The minimum Gasteiger partial charge on any atom is -0.396 e. The molecule has 42 heteroatoms. The van der Waals surface area contributed by atoms with Gasteiger partial charge in [0.05, 0.1) is 0 Å². The van der Waals surface area contributed by atoms with E-state index in [1.807, 2.05) is 0 Å². The lowest BCUT2D eigenvalue weighted by Gasteiger charge is -2.55. The molecule has 0 aromatic rings. The van der Waals surface area contributed by atoms with Crippen LogP contribution in [0.15, 0.2) is 0 Å². The Bertz CT molecular complexity index is 1870. The Morgan fingerprint density at radius 3 is 0.738 bits per heavy atom. The summed E-state index contributed by atoms with van der Waals surface area (Å²) >= 11 is 0. The van der Waals surface area contributed by atoms with Gasteiger partial charge in [-0.25, -0.2) is 8.78 Å². The average molecular weight is 1040 g/mol. The van der Waals surface area contributed by atoms with Gasteiger partial charge in [-0.15, -0.1) is 0 Å². The highest BCUT2D eigenvalue weighted by molar-refractivity contribution is 7.87. The number of aliphatic hydroxyl groups is 2. The molecule has 0 saturated carbocycles. The minimum atomic E-state index is -10.6. The van der Waals surface area contributed by atoms with E-state index in [2.05, 4.69) is 0 Å². The van der Waals surface area contributed by atoms with E-state index in [1.165, 1.54) is 0 Å². The molecule has 0 aromatic carbocycles. The van der Waals surface area contributed by atoms with Crippen LogP contribution < -0.4 is 0 Å². The second-order valence-corrected chi connectivity index (χ2v) is 14.3. The summed E-state index contributed by atoms with van der Waals surface area (Å²) in [5.41, 5.74) is -19.8. The van der Waals surface area contributed by atoms with Gasteiger partial charge in [-0.1, -0.05) is 0 Å². The molecule has 3 atom stereocenters. The van der Waals surface area contributed by atoms with Gasteiger partial charge in [-0.05, 0) is 0 Å². The van der Waals surface area contributed by atoms with Gasteiger partial charge in [0.15, 0.2) is 5.60 Å². The molecule has 0 aliphatic carbocycles. The predicted octanol–water partition coefficient (Wildman–Crippen LogP) is 7.96. The molecule has 4 N–H and O–H groups in total. The van der Waals surface area contributed by atoms with E-state index in [0.29, 0.717) is 0 Å². The third-order valence-electron chi connectivity index (χ3n) is 7.75. The van der Waals surface area contributed by atoms with Crippen LogP contribution in [-0.2, 0) is 20.2 Å². The van der Waals surface area contributed by atoms with Crippen molar-refractivity contribution in [1.29, 1.82) is 0 Å². The summed E-state index contributed by atoms with van der Waals surface area (Å²) in [6.45, 7) is -4.00. The van der Waals surface area contributed by atoms with Crippen molar-refractivity contribution in [2.75, 3.05) is 6.61 Å². The van der Waals surface area contributed by atoms with Gasteiger partial charge in [-0.3, -0.25) is 9.11 Å². The number of rotatable bonds is 18. The molecule has 0 aliphatic heterocycles. The van der Waals surface area contributed by atoms with E-state index in [4.69, 9.17) is 14.2 Å². The number of hydrogen-bond donors (Lipinski definition) is 4. The van der Waals surface area contributed by atoms with Crippen molar-refractivity contribution in [3.63, 3.8) is 0 Å². The third kappa shape index (κ3) is 6.63. The first-order valence-corrected chi connectivity index (χ1v) is 15.8. The molecular formula is C19H8F32O8S2. The highest BCUT2D eigenvalue weighted by Gasteiger charge is 3.04. The van der Waals surface area contributed by atoms with Gasteiger partial charge in [0.1, 0.15) is 0 Å². The van der Waals surface area contributed by atoms with E-state index in [1.54, 1.807) is 0 Å².